The third kappa shape index (κ3) is 1.95. The molecule has 0 saturated carbocycles. The molecule has 1 aliphatic heterocycles. The second-order valence-electron chi connectivity index (χ2n) is 5.57. The van der Waals surface area contributed by atoms with Crippen molar-refractivity contribution in [3.05, 3.63) is 35.2 Å². The molecule has 0 radical (unpaired) electrons. The summed E-state index contributed by atoms with van der Waals surface area (Å²) in [5.74, 6) is 0.207. The van der Waals surface area contributed by atoms with Gasteiger partial charge in [0.05, 0.1) is 18.7 Å². The molecule has 100 valence electrons. The lowest BCUT2D eigenvalue weighted by Gasteiger charge is -2.49. The van der Waals surface area contributed by atoms with Crippen LogP contribution in [0, 0.1) is 5.92 Å². The van der Waals surface area contributed by atoms with Gasteiger partial charge in [0.2, 0.25) is 0 Å². The first-order chi connectivity index (χ1) is 9.01. The zero-order valence-electron chi connectivity index (χ0n) is 11.1. The van der Waals surface area contributed by atoms with Gasteiger partial charge in [-0.3, -0.25) is 4.79 Å². The lowest BCUT2D eigenvalue weighted by molar-refractivity contribution is -0.110. The number of thiophene rings is 1. The molecule has 1 saturated heterocycles. The van der Waals surface area contributed by atoms with Crippen LogP contribution in [0.1, 0.15) is 24.2 Å². The summed E-state index contributed by atoms with van der Waals surface area (Å²) in [7, 11) is 0. The Labute approximate surface area is 116 Å². The third-order valence-electron chi connectivity index (χ3n) is 4.00. The third-order valence-corrected chi connectivity index (χ3v) is 4.97. The number of hydrogen-bond acceptors (Lipinski definition) is 3. The quantitative estimate of drug-likeness (QED) is 0.915. The van der Waals surface area contributed by atoms with Gasteiger partial charge in [-0.1, -0.05) is 32.0 Å². The van der Waals surface area contributed by atoms with E-state index in [-0.39, 0.29) is 11.8 Å². The van der Waals surface area contributed by atoms with Crippen LogP contribution in [-0.4, -0.2) is 34.6 Å². The number of rotatable bonds is 2. The van der Waals surface area contributed by atoms with E-state index in [2.05, 4.69) is 0 Å². The highest BCUT2D eigenvalue weighted by Gasteiger charge is 2.46. The number of aliphatic hydroxyl groups is 1. The molecule has 1 aliphatic rings. The van der Waals surface area contributed by atoms with Crippen molar-refractivity contribution in [3.8, 4) is 0 Å². The molecule has 0 aliphatic carbocycles. The van der Waals surface area contributed by atoms with Crippen LogP contribution in [0.15, 0.2) is 29.6 Å². The van der Waals surface area contributed by atoms with Gasteiger partial charge in [-0.25, -0.2) is 0 Å². The van der Waals surface area contributed by atoms with E-state index in [0.717, 1.165) is 15.6 Å². The number of β-amino-alcohol motifs (C(OH)–C–C–N with tert-alkyl or cyclic N) is 1. The van der Waals surface area contributed by atoms with Crippen molar-refractivity contribution in [3.63, 3.8) is 0 Å². The van der Waals surface area contributed by atoms with Crippen LogP contribution >= 0.6 is 11.3 Å². The summed E-state index contributed by atoms with van der Waals surface area (Å²) in [6.45, 7) is 4.85. The zero-order chi connectivity index (χ0) is 13.6. The van der Waals surface area contributed by atoms with Crippen LogP contribution < -0.4 is 0 Å². The predicted molar refractivity (Wildman–Crippen MR) is 77.5 cm³/mol. The highest BCUT2D eigenvalue weighted by Crippen LogP contribution is 2.32. The van der Waals surface area contributed by atoms with E-state index < -0.39 is 5.60 Å². The van der Waals surface area contributed by atoms with Crippen LogP contribution in [0.4, 0.5) is 0 Å². The molecule has 1 fully saturated rings. The van der Waals surface area contributed by atoms with E-state index in [1.54, 1.807) is 16.2 Å². The molecule has 2 heterocycles. The first-order valence-electron chi connectivity index (χ1n) is 6.49. The van der Waals surface area contributed by atoms with Gasteiger partial charge in [0.15, 0.2) is 0 Å². The van der Waals surface area contributed by atoms with Crippen LogP contribution in [-0.2, 0) is 0 Å². The molecule has 2 aromatic rings. The summed E-state index contributed by atoms with van der Waals surface area (Å²) in [5, 5.41) is 13.2. The Morgan fingerprint density at radius 1 is 1.37 bits per heavy atom. The Hall–Kier alpha value is -1.39. The minimum absolute atomic E-state index is 0.0303. The maximum atomic E-state index is 12.4. The number of carbonyl (C=O) groups is 1. The predicted octanol–water partition coefficient (Wildman–Crippen LogP) is 2.74. The molecule has 3 nitrogen and oxygen atoms in total. The summed E-state index contributed by atoms with van der Waals surface area (Å²) in [6, 6.07) is 7.94. The van der Waals surface area contributed by atoms with Gasteiger partial charge in [-0.05, 0) is 12.0 Å². The van der Waals surface area contributed by atoms with Crippen molar-refractivity contribution in [2.24, 2.45) is 5.92 Å². The van der Waals surface area contributed by atoms with Crippen LogP contribution in [0.25, 0.3) is 10.1 Å². The van der Waals surface area contributed by atoms with E-state index in [1.807, 2.05) is 43.5 Å². The molecular weight excluding hydrogens is 258 g/mol. The molecule has 19 heavy (non-hydrogen) atoms. The fourth-order valence-electron chi connectivity index (χ4n) is 2.44. The second-order valence-corrected chi connectivity index (χ2v) is 6.48. The molecule has 0 atom stereocenters. The highest BCUT2D eigenvalue weighted by atomic mass is 32.1. The molecule has 1 aromatic carbocycles. The van der Waals surface area contributed by atoms with Crippen LogP contribution in [0.3, 0.4) is 0 Å². The molecule has 0 bridgehead atoms. The summed E-state index contributed by atoms with van der Waals surface area (Å²) in [6.07, 6.45) is 0. The van der Waals surface area contributed by atoms with Crippen LogP contribution in [0.2, 0.25) is 0 Å². The number of nitrogens with zero attached hydrogens (tertiary/aromatic N) is 1. The number of hydrogen-bond donors (Lipinski definition) is 1. The minimum atomic E-state index is -0.707. The van der Waals surface area contributed by atoms with Crippen molar-refractivity contribution in [2.75, 3.05) is 13.1 Å². The molecule has 1 aromatic heterocycles. The SMILES string of the molecule is CC(C)C1(O)CN(C(=O)c2csc3ccccc23)C1. The fraction of sp³-hybridized carbons (Fsp3) is 0.400. The normalized spacial score (nSPS) is 17.8. The number of fused-ring (bicyclic) bond motifs is 1. The maximum Gasteiger partial charge on any atom is 0.255 e. The lowest BCUT2D eigenvalue weighted by Crippen LogP contribution is -2.65. The van der Waals surface area contributed by atoms with Gasteiger partial charge in [0, 0.05) is 15.5 Å². The van der Waals surface area contributed by atoms with E-state index in [4.69, 9.17) is 0 Å². The summed E-state index contributed by atoms with van der Waals surface area (Å²) in [5.41, 5.74) is 0.0491. The van der Waals surface area contributed by atoms with Gasteiger partial charge in [0.25, 0.3) is 5.91 Å². The Bertz CT molecular complexity index is 626. The number of carbonyl (C=O) groups excluding carboxylic acids is 1. The smallest absolute Gasteiger partial charge is 0.255 e. The lowest BCUT2D eigenvalue weighted by atomic mass is 9.82. The summed E-state index contributed by atoms with van der Waals surface area (Å²) < 4.78 is 1.13. The Kier molecular flexibility index (Phi) is 2.87. The van der Waals surface area contributed by atoms with Gasteiger partial charge >= 0.3 is 0 Å². The van der Waals surface area contributed by atoms with Crippen molar-refractivity contribution >= 4 is 27.3 Å². The Morgan fingerprint density at radius 2 is 2.05 bits per heavy atom. The van der Waals surface area contributed by atoms with Crippen molar-refractivity contribution in [1.82, 2.24) is 4.90 Å². The molecule has 0 spiro atoms. The molecule has 1 amide bonds. The molecule has 0 unspecified atom stereocenters. The largest absolute Gasteiger partial charge is 0.386 e. The molecule has 4 heteroatoms. The topological polar surface area (TPSA) is 40.5 Å². The van der Waals surface area contributed by atoms with E-state index in [9.17, 15) is 9.90 Å². The molecule has 1 N–H and O–H groups in total. The summed E-state index contributed by atoms with van der Waals surface area (Å²) in [4.78, 5) is 14.2. The van der Waals surface area contributed by atoms with Gasteiger partial charge in [-0.15, -0.1) is 11.3 Å². The summed E-state index contributed by atoms with van der Waals surface area (Å²) >= 11 is 1.59. The average Bonchev–Trinajstić information content (AvgIpc) is 2.77. The van der Waals surface area contributed by atoms with Crippen molar-refractivity contribution in [1.29, 1.82) is 0 Å². The second kappa shape index (κ2) is 4.32. The van der Waals surface area contributed by atoms with Crippen molar-refractivity contribution < 1.29 is 9.90 Å². The first-order valence-corrected chi connectivity index (χ1v) is 7.37. The average molecular weight is 275 g/mol. The number of likely N-dealkylation sites (tertiary alicyclic amines) is 1. The fourth-order valence-corrected chi connectivity index (χ4v) is 3.37. The molecular formula is C15H17NO2S. The van der Waals surface area contributed by atoms with E-state index >= 15 is 0 Å². The van der Waals surface area contributed by atoms with Gasteiger partial charge in [0.1, 0.15) is 5.60 Å². The highest BCUT2D eigenvalue weighted by molar-refractivity contribution is 7.17. The molecule has 3 rings (SSSR count). The first kappa shape index (κ1) is 12.6. The zero-order valence-corrected chi connectivity index (χ0v) is 11.9. The minimum Gasteiger partial charge on any atom is -0.386 e. The number of benzene rings is 1. The Morgan fingerprint density at radius 3 is 2.74 bits per heavy atom. The Balaban J connectivity index is 1.83. The van der Waals surface area contributed by atoms with Crippen LogP contribution in [0.5, 0.6) is 0 Å². The number of amides is 1. The van der Waals surface area contributed by atoms with E-state index in [1.165, 1.54) is 0 Å². The van der Waals surface area contributed by atoms with Gasteiger partial charge in [-0.2, -0.15) is 0 Å². The standard InChI is InChI=1S/C15H17NO2S/c1-10(2)15(18)8-16(9-15)14(17)12-7-19-13-6-4-3-5-11(12)13/h3-7,10,18H,8-9H2,1-2H3. The van der Waals surface area contributed by atoms with Crippen molar-refractivity contribution in [2.45, 2.75) is 19.4 Å². The van der Waals surface area contributed by atoms with E-state index in [0.29, 0.717) is 13.1 Å². The monoisotopic (exact) mass is 275 g/mol. The van der Waals surface area contributed by atoms with Gasteiger partial charge < -0.3 is 10.0 Å². The maximum absolute atomic E-state index is 12.4.